The van der Waals surface area contributed by atoms with Gasteiger partial charge in [0.1, 0.15) is 22.4 Å². The minimum Gasteiger partial charge on any atom is -0.455 e. The van der Waals surface area contributed by atoms with Crippen LogP contribution in [0.3, 0.4) is 0 Å². The van der Waals surface area contributed by atoms with E-state index >= 15 is 0 Å². The van der Waals surface area contributed by atoms with Crippen molar-refractivity contribution in [3.8, 4) is 67.7 Å². The highest BCUT2D eigenvalue weighted by molar-refractivity contribution is 6.21. The Hall–Kier alpha value is -8.22. The Labute approximate surface area is 344 Å². The van der Waals surface area contributed by atoms with E-state index in [1.165, 1.54) is 0 Å². The molecular formula is C54H32N4O2. The summed E-state index contributed by atoms with van der Waals surface area (Å²) in [5.41, 5.74) is 13.0. The standard InChI is InChI=1S/C54H32N4O2/c1-3-13-34(14-4-1)49-51-48(43-20-8-10-24-47(43)60-51)44-32-38(29-30-45(44)55-49)37-17-11-18-39(31-37)54-57-52(35-15-5-2-6-16-35)56-53(58-54)36-27-25-33(26-28-36)40-21-12-22-42-41-19-7-9-23-46(41)59-50(40)42/h1-32H. The van der Waals surface area contributed by atoms with Gasteiger partial charge in [-0.05, 0) is 47.0 Å². The Morgan fingerprint density at radius 1 is 0.300 bits per heavy atom. The zero-order valence-electron chi connectivity index (χ0n) is 32.1. The van der Waals surface area contributed by atoms with Crippen LogP contribution < -0.4 is 0 Å². The van der Waals surface area contributed by atoms with E-state index in [2.05, 4.69) is 115 Å². The molecule has 0 saturated heterocycles. The maximum absolute atomic E-state index is 6.53. The monoisotopic (exact) mass is 768 g/mol. The van der Waals surface area contributed by atoms with Crippen LogP contribution in [0.1, 0.15) is 0 Å². The Morgan fingerprint density at radius 3 is 1.58 bits per heavy atom. The second-order valence-electron chi connectivity index (χ2n) is 15.0. The van der Waals surface area contributed by atoms with Gasteiger partial charge in [0.15, 0.2) is 23.1 Å². The molecule has 280 valence electrons. The first-order chi connectivity index (χ1) is 29.7. The highest BCUT2D eigenvalue weighted by Crippen LogP contribution is 2.41. The van der Waals surface area contributed by atoms with Crippen molar-refractivity contribution >= 4 is 54.8 Å². The van der Waals surface area contributed by atoms with Crippen LogP contribution in [0.2, 0.25) is 0 Å². The van der Waals surface area contributed by atoms with Crippen molar-refractivity contribution in [3.63, 3.8) is 0 Å². The van der Waals surface area contributed by atoms with E-state index in [1.54, 1.807) is 0 Å². The molecule has 8 aromatic carbocycles. The summed E-state index contributed by atoms with van der Waals surface area (Å²) in [6.07, 6.45) is 0. The maximum atomic E-state index is 6.53. The summed E-state index contributed by atoms with van der Waals surface area (Å²) < 4.78 is 12.9. The smallest absolute Gasteiger partial charge is 0.164 e. The van der Waals surface area contributed by atoms with Crippen LogP contribution in [0.15, 0.2) is 203 Å². The third kappa shape index (κ3) is 5.65. The number of para-hydroxylation sites is 3. The number of fused-ring (bicyclic) bond motifs is 8. The largest absolute Gasteiger partial charge is 0.455 e. The van der Waals surface area contributed by atoms with Crippen molar-refractivity contribution in [2.75, 3.05) is 0 Å². The van der Waals surface area contributed by atoms with Gasteiger partial charge in [-0.1, -0.05) is 164 Å². The van der Waals surface area contributed by atoms with Gasteiger partial charge in [0, 0.05) is 54.7 Å². The topological polar surface area (TPSA) is 77.8 Å². The molecule has 0 radical (unpaired) electrons. The normalized spacial score (nSPS) is 11.7. The molecular weight excluding hydrogens is 737 g/mol. The predicted molar refractivity (Wildman–Crippen MR) is 242 cm³/mol. The molecule has 0 aliphatic heterocycles. The summed E-state index contributed by atoms with van der Waals surface area (Å²) in [5.74, 6) is 1.80. The molecule has 0 amide bonds. The molecule has 0 unspecified atom stereocenters. The molecule has 0 N–H and O–H groups in total. The van der Waals surface area contributed by atoms with Gasteiger partial charge in [-0.3, -0.25) is 0 Å². The van der Waals surface area contributed by atoms with Gasteiger partial charge in [-0.15, -0.1) is 0 Å². The number of nitrogens with zero attached hydrogens (tertiary/aromatic N) is 4. The number of benzene rings is 8. The first-order valence-electron chi connectivity index (χ1n) is 20.0. The van der Waals surface area contributed by atoms with Gasteiger partial charge in [-0.2, -0.15) is 0 Å². The number of rotatable bonds is 6. The minimum absolute atomic E-state index is 0.593. The summed E-state index contributed by atoms with van der Waals surface area (Å²) in [4.78, 5) is 20.3. The number of aromatic nitrogens is 4. The summed E-state index contributed by atoms with van der Waals surface area (Å²) in [7, 11) is 0. The lowest BCUT2D eigenvalue weighted by atomic mass is 9.98. The number of hydrogen-bond acceptors (Lipinski definition) is 6. The molecule has 0 fully saturated rings. The molecule has 0 atom stereocenters. The summed E-state index contributed by atoms with van der Waals surface area (Å²) in [6, 6.07) is 66.3. The van der Waals surface area contributed by atoms with Crippen molar-refractivity contribution in [2.45, 2.75) is 0 Å². The molecule has 12 aromatic rings. The van der Waals surface area contributed by atoms with Gasteiger partial charge < -0.3 is 8.83 Å². The molecule has 0 aliphatic carbocycles. The summed E-state index contributed by atoms with van der Waals surface area (Å²) in [5, 5.41) is 5.37. The van der Waals surface area contributed by atoms with E-state index in [1.807, 2.05) is 78.9 Å². The summed E-state index contributed by atoms with van der Waals surface area (Å²) >= 11 is 0. The van der Waals surface area contributed by atoms with E-state index in [9.17, 15) is 0 Å². The van der Waals surface area contributed by atoms with E-state index in [-0.39, 0.29) is 0 Å². The zero-order chi connectivity index (χ0) is 39.6. The van der Waals surface area contributed by atoms with E-state index in [4.69, 9.17) is 28.8 Å². The minimum atomic E-state index is 0.593. The molecule has 0 spiro atoms. The quantitative estimate of drug-likeness (QED) is 0.168. The first-order valence-corrected chi connectivity index (χ1v) is 20.0. The van der Waals surface area contributed by atoms with E-state index in [0.29, 0.717) is 17.5 Å². The molecule has 6 nitrogen and oxygen atoms in total. The number of pyridine rings is 1. The fraction of sp³-hybridized carbons (Fsp3) is 0. The van der Waals surface area contributed by atoms with Crippen LogP contribution in [0.5, 0.6) is 0 Å². The second-order valence-corrected chi connectivity index (χ2v) is 15.0. The van der Waals surface area contributed by atoms with Crippen molar-refractivity contribution in [2.24, 2.45) is 0 Å². The number of hydrogen-bond donors (Lipinski definition) is 0. The fourth-order valence-electron chi connectivity index (χ4n) is 8.42. The van der Waals surface area contributed by atoms with Gasteiger partial charge in [0.2, 0.25) is 0 Å². The molecule has 0 saturated carbocycles. The lowest BCUT2D eigenvalue weighted by Crippen LogP contribution is -2.00. The molecule has 12 rings (SSSR count). The average Bonchev–Trinajstić information content (AvgIpc) is 3.91. The fourth-order valence-corrected chi connectivity index (χ4v) is 8.42. The molecule has 0 bridgehead atoms. The van der Waals surface area contributed by atoms with Crippen LogP contribution in [0.4, 0.5) is 0 Å². The maximum Gasteiger partial charge on any atom is 0.164 e. The lowest BCUT2D eigenvalue weighted by molar-refractivity contribution is 0.668. The van der Waals surface area contributed by atoms with E-state index < -0.39 is 0 Å². The van der Waals surface area contributed by atoms with Crippen LogP contribution in [-0.4, -0.2) is 19.9 Å². The Morgan fingerprint density at radius 2 is 0.817 bits per heavy atom. The summed E-state index contributed by atoms with van der Waals surface area (Å²) in [6.45, 7) is 0. The Balaban J connectivity index is 0.961. The van der Waals surface area contributed by atoms with Crippen molar-refractivity contribution in [1.82, 2.24) is 19.9 Å². The van der Waals surface area contributed by atoms with Gasteiger partial charge >= 0.3 is 0 Å². The Bertz CT molecular complexity index is 3590. The van der Waals surface area contributed by atoms with Gasteiger partial charge in [0.25, 0.3) is 0 Å². The van der Waals surface area contributed by atoms with E-state index in [0.717, 1.165) is 105 Å². The molecule has 6 heteroatoms. The lowest BCUT2D eigenvalue weighted by Gasteiger charge is -2.11. The van der Waals surface area contributed by atoms with Crippen molar-refractivity contribution < 1.29 is 8.83 Å². The second kappa shape index (κ2) is 13.7. The van der Waals surface area contributed by atoms with Crippen molar-refractivity contribution in [3.05, 3.63) is 194 Å². The predicted octanol–water partition coefficient (Wildman–Crippen LogP) is 14.2. The average molecular weight is 769 g/mol. The molecule has 0 aliphatic rings. The Kier molecular flexibility index (Phi) is 7.74. The highest BCUT2D eigenvalue weighted by atomic mass is 16.3. The van der Waals surface area contributed by atoms with Crippen LogP contribution in [0, 0.1) is 0 Å². The zero-order valence-corrected chi connectivity index (χ0v) is 32.1. The third-order valence-corrected chi connectivity index (χ3v) is 11.3. The SMILES string of the molecule is c1ccc(-c2nc(-c3ccc(-c4cccc5c4oc4ccccc45)cc3)nc(-c3cccc(-c4ccc5nc(-c6ccccc6)c6oc7ccccc7c6c5c4)c3)n2)cc1. The molecule has 4 aromatic heterocycles. The first kappa shape index (κ1) is 33.9. The van der Waals surface area contributed by atoms with Gasteiger partial charge in [-0.25, -0.2) is 19.9 Å². The third-order valence-electron chi connectivity index (χ3n) is 11.3. The molecule has 60 heavy (non-hydrogen) atoms. The van der Waals surface area contributed by atoms with Crippen LogP contribution >= 0.6 is 0 Å². The highest BCUT2D eigenvalue weighted by Gasteiger charge is 2.19. The van der Waals surface area contributed by atoms with Crippen molar-refractivity contribution in [1.29, 1.82) is 0 Å². The van der Waals surface area contributed by atoms with Gasteiger partial charge in [0.05, 0.1) is 5.52 Å². The molecule has 4 heterocycles. The number of furan rings is 2. The van der Waals surface area contributed by atoms with Crippen LogP contribution in [-0.2, 0) is 0 Å². The van der Waals surface area contributed by atoms with Crippen LogP contribution in [0.25, 0.3) is 122 Å².